The van der Waals surface area contributed by atoms with Crippen LogP contribution >= 0.6 is 11.6 Å². The Balaban J connectivity index is 1.85. The summed E-state index contributed by atoms with van der Waals surface area (Å²) in [6.07, 6.45) is 1.19. The number of benzene rings is 1. The highest BCUT2D eigenvalue weighted by atomic mass is 35.5. The van der Waals surface area contributed by atoms with Gasteiger partial charge in [0.1, 0.15) is 6.10 Å². The molecule has 3 fully saturated rings. The molecule has 6 heteroatoms. The second-order valence-corrected chi connectivity index (χ2v) is 12.2. The molecular weight excluding hydrogens is 424 g/mol. The largest absolute Gasteiger partial charge is 0.378 e. The first-order valence-electron chi connectivity index (χ1n) is 11.3. The fourth-order valence-corrected chi connectivity index (χ4v) is 8.54. The molecule has 32 heavy (non-hydrogen) atoms. The maximum absolute atomic E-state index is 13.1. The van der Waals surface area contributed by atoms with E-state index in [-0.39, 0.29) is 6.10 Å². The zero-order valence-corrected chi connectivity index (χ0v) is 19.9. The smallest absolute Gasteiger partial charge is 0.302 e. The zero-order chi connectivity index (χ0) is 23.3. The van der Waals surface area contributed by atoms with Crippen LogP contribution in [-0.2, 0) is 15.8 Å². The second-order valence-electron chi connectivity index (χ2n) is 11.7. The summed E-state index contributed by atoms with van der Waals surface area (Å²) >= 11 is 7.08. The van der Waals surface area contributed by atoms with Crippen LogP contribution in [0.25, 0.3) is 4.85 Å². The Hall–Kier alpha value is -1.71. The fourth-order valence-electron chi connectivity index (χ4n) is 8.11. The summed E-state index contributed by atoms with van der Waals surface area (Å²) in [5.74, 6) is -0.491. The molecule has 0 unspecified atom stereocenters. The summed E-state index contributed by atoms with van der Waals surface area (Å²) in [6, 6.07) is 5.87. The van der Waals surface area contributed by atoms with Gasteiger partial charge in [-0.2, -0.15) is 0 Å². The lowest BCUT2D eigenvalue weighted by Gasteiger charge is -2.65. The minimum atomic E-state index is -1.87. The minimum Gasteiger partial charge on any atom is -0.378 e. The standard InChI is InChI=1S/C26H29ClN2O3/c1-8-23(6)16(27)12-15-21(2,3)13-10-9-11-14-17(13)24(30)20(29-14)22(4,5)18-19(32-18)25(23,28-7)26(15,24)31/h8-11,15-16,18-19,30-31H,1,12H2,2-6H3/t15-,16-,18-,19+,23+,24-,25+,26-/m1/s1. The Morgan fingerprint density at radius 2 is 1.88 bits per heavy atom. The first kappa shape index (κ1) is 20.9. The molecule has 0 radical (unpaired) electrons. The molecule has 1 aromatic rings. The number of rotatable bonds is 1. The van der Waals surface area contributed by atoms with Crippen molar-refractivity contribution < 1.29 is 14.9 Å². The van der Waals surface area contributed by atoms with Crippen molar-refractivity contribution in [3.05, 3.63) is 53.4 Å². The van der Waals surface area contributed by atoms with E-state index in [4.69, 9.17) is 27.9 Å². The number of epoxide rings is 1. The van der Waals surface area contributed by atoms with Gasteiger partial charge in [-0.25, -0.2) is 6.57 Å². The number of nitrogens with zero attached hydrogens (tertiary/aromatic N) is 2. The lowest BCUT2D eigenvalue weighted by molar-refractivity contribution is -0.243. The highest BCUT2D eigenvalue weighted by Crippen LogP contribution is 2.76. The molecule has 0 amide bonds. The topological polar surface area (TPSA) is 69.7 Å². The summed E-state index contributed by atoms with van der Waals surface area (Å²) in [6.45, 7) is 22.7. The molecule has 5 aliphatic rings. The van der Waals surface area contributed by atoms with Crippen molar-refractivity contribution in [2.75, 3.05) is 0 Å². The maximum Gasteiger partial charge on any atom is 0.302 e. The van der Waals surface area contributed by atoms with Crippen LogP contribution in [0.15, 0.2) is 35.8 Å². The van der Waals surface area contributed by atoms with E-state index < -0.39 is 50.4 Å². The van der Waals surface area contributed by atoms with Gasteiger partial charge in [-0.15, -0.1) is 18.2 Å². The van der Waals surface area contributed by atoms with Crippen LogP contribution in [0.2, 0.25) is 0 Å². The molecule has 8 atom stereocenters. The third kappa shape index (κ3) is 1.64. The van der Waals surface area contributed by atoms with Crippen LogP contribution in [0, 0.1) is 23.3 Å². The monoisotopic (exact) mass is 452 g/mol. The molecule has 0 aromatic heterocycles. The number of alkyl halides is 1. The molecule has 1 saturated heterocycles. The van der Waals surface area contributed by atoms with Crippen molar-refractivity contribution in [2.24, 2.45) is 21.7 Å². The summed E-state index contributed by atoms with van der Waals surface area (Å²) in [4.78, 5) is 9.17. The number of aliphatic imine (C=N–C) groups is 1. The summed E-state index contributed by atoms with van der Waals surface area (Å²) in [5.41, 5.74) is -4.68. The van der Waals surface area contributed by atoms with Crippen LogP contribution < -0.4 is 0 Å². The van der Waals surface area contributed by atoms with Crippen molar-refractivity contribution in [3.8, 4) is 0 Å². The van der Waals surface area contributed by atoms with Gasteiger partial charge in [0.2, 0.25) is 0 Å². The van der Waals surface area contributed by atoms with E-state index in [1.165, 1.54) is 0 Å². The zero-order valence-electron chi connectivity index (χ0n) is 19.1. The van der Waals surface area contributed by atoms with E-state index >= 15 is 0 Å². The normalized spacial score (nSPS) is 50.3. The molecule has 2 saturated carbocycles. The molecule has 3 aliphatic carbocycles. The van der Waals surface area contributed by atoms with Crippen LogP contribution in [0.4, 0.5) is 5.69 Å². The number of halogens is 1. The molecule has 1 aromatic carbocycles. The summed E-state index contributed by atoms with van der Waals surface area (Å²) in [5, 5.41) is 25.5. The summed E-state index contributed by atoms with van der Waals surface area (Å²) < 4.78 is 6.26. The van der Waals surface area contributed by atoms with Crippen molar-refractivity contribution in [3.63, 3.8) is 0 Å². The minimum absolute atomic E-state index is 0.364. The quantitative estimate of drug-likeness (QED) is 0.289. The van der Waals surface area contributed by atoms with E-state index in [2.05, 4.69) is 25.3 Å². The molecule has 2 heterocycles. The van der Waals surface area contributed by atoms with Crippen molar-refractivity contribution in [2.45, 2.75) is 80.8 Å². The Kier molecular flexibility index (Phi) is 3.48. The van der Waals surface area contributed by atoms with Crippen molar-refractivity contribution >= 4 is 23.0 Å². The predicted octanol–water partition coefficient (Wildman–Crippen LogP) is 4.27. The first-order chi connectivity index (χ1) is 14.8. The van der Waals surface area contributed by atoms with Crippen molar-refractivity contribution in [1.29, 1.82) is 0 Å². The van der Waals surface area contributed by atoms with Crippen LogP contribution in [0.3, 0.4) is 0 Å². The van der Waals surface area contributed by atoms with Gasteiger partial charge < -0.3 is 19.8 Å². The lowest BCUT2D eigenvalue weighted by atomic mass is 9.39. The summed E-state index contributed by atoms with van der Waals surface area (Å²) in [7, 11) is 0. The van der Waals surface area contributed by atoms with E-state index in [1.54, 1.807) is 6.08 Å². The molecule has 2 N–H and O–H groups in total. The second kappa shape index (κ2) is 5.33. The molecule has 2 aliphatic heterocycles. The number of fused-ring (bicyclic) bond motifs is 2. The number of aliphatic hydroxyl groups is 2. The number of ether oxygens (including phenoxy) is 1. The van der Waals surface area contributed by atoms with E-state index in [9.17, 15) is 10.2 Å². The van der Waals surface area contributed by atoms with Gasteiger partial charge in [0.15, 0.2) is 17.3 Å². The van der Waals surface area contributed by atoms with Gasteiger partial charge in [-0.05, 0) is 30.4 Å². The lowest BCUT2D eigenvalue weighted by Crippen LogP contribution is -2.83. The van der Waals surface area contributed by atoms with Gasteiger partial charge in [-0.3, -0.25) is 4.99 Å². The maximum atomic E-state index is 13.1. The number of hydrogen-bond acceptors (Lipinski definition) is 4. The van der Waals surface area contributed by atoms with Gasteiger partial charge in [0, 0.05) is 16.9 Å². The van der Waals surface area contributed by atoms with E-state index in [0.717, 1.165) is 5.56 Å². The van der Waals surface area contributed by atoms with E-state index in [0.29, 0.717) is 23.4 Å². The highest BCUT2D eigenvalue weighted by Gasteiger charge is 2.93. The van der Waals surface area contributed by atoms with Gasteiger partial charge in [0.05, 0.1) is 22.2 Å². The first-order valence-corrected chi connectivity index (χ1v) is 11.8. The van der Waals surface area contributed by atoms with Gasteiger partial charge in [-0.1, -0.05) is 45.9 Å². The third-order valence-electron chi connectivity index (χ3n) is 9.92. The Morgan fingerprint density at radius 3 is 2.50 bits per heavy atom. The molecule has 0 spiro atoms. The number of hydrogen-bond donors (Lipinski definition) is 2. The van der Waals surface area contributed by atoms with E-state index in [1.807, 2.05) is 39.0 Å². The SMILES string of the molecule is [C-]#[N+][C@]12[C@H]3O[C@H]3C(C)(C)C3=Nc4cccc5c4[C@]3(O)[C@]1(O)[C@H](C[C@@H](Cl)[C@]2(C)C=C)C5(C)C. The molecular formula is C26H29ClN2O3. The molecule has 0 bridgehead atoms. The van der Waals surface area contributed by atoms with Gasteiger partial charge >= 0.3 is 5.54 Å². The highest BCUT2D eigenvalue weighted by molar-refractivity contribution is 6.21. The Morgan fingerprint density at radius 1 is 1.19 bits per heavy atom. The predicted molar refractivity (Wildman–Crippen MR) is 123 cm³/mol. The van der Waals surface area contributed by atoms with Gasteiger partial charge in [0.25, 0.3) is 0 Å². The van der Waals surface area contributed by atoms with Crippen LogP contribution in [0.1, 0.15) is 52.2 Å². The Labute approximate surface area is 194 Å². The average Bonchev–Trinajstić information content (AvgIpc) is 3.49. The fraction of sp³-hybridized carbons (Fsp3) is 0.615. The average molecular weight is 453 g/mol. The third-order valence-corrected chi connectivity index (χ3v) is 10.6. The Bertz CT molecular complexity index is 1180. The van der Waals surface area contributed by atoms with Crippen LogP contribution in [-0.4, -0.2) is 44.6 Å². The van der Waals surface area contributed by atoms with Crippen molar-refractivity contribution in [1.82, 2.24) is 0 Å². The molecule has 6 rings (SSSR count). The molecule has 168 valence electrons. The van der Waals surface area contributed by atoms with Crippen LogP contribution in [0.5, 0.6) is 0 Å². The molecule has 5 nitrogen and oxygen atoms in total.